The van der Waals surface area contributed by atoms with Crippen LogP contribution in [-0.4, -0.2) is 57.4 Å². The maximum Gasteiger partial charge on any atom is 0.417 e. The fraction of sp³-hybridized carbons (Fsp3) is 0.200. The van der Waals surface area contributed by atoms with E-state index in [-0.39, 0.29) is 26.1 Å². The molecular formula is C35H29NO9. The van der Waals surface area contributed by atoms with Crippen molar-refractivity contribution in [2.45, 2.75) is 12.0 Å². The van der Waals surface area contributed by atoms with Gasteiger partial charge in [-0.2, -0.15) is 0 Å². The first-order valence-electron chi connectivity index (χ1n) is 14.3. The Labute approximate surface area is 259 Å². The fourth-order valence-electron chi connectivity index (χ4n) is 5.99. The molecule has 3 heterocycles. The molecule has 0 saturated carbocycles. The molecule has 0 radical (unpaired) electrons. The van der Waals surface area contributed by atoms with Gasteiger partial charge in [-0.1, -0.05) is 60.7 Å². The van der Waals surface area contributed by atoms with Gasteiger partial charge in [0.15, 0.2) is 23.0 Å². The second kappa shape index (κ2) is 11.8. The van der Waals surface area contributed by atoms with E-state index in [1.54, 1.807) is 24.3 Å². The molecule has 4 aromatic carbocycles. The van der Waals surface area contributed by atoms with Crippen molar-refractivity contribution in [2.75, 3.05) is 34.4 Å². The maximum atomic E-state index is 14.3. The van der Waals surface area contributed by atoms with Crippen LogP contribution >= 0.6 is 0 Å². The zero-order chi connectivity index (χ0) is 30.9. The Morgan fingerprint density at radius 2 is 1.27 bits per heavy atom. The molecule has 3 aliphatic rings. The molecule has 0 aliphatic carbocycles. The highest BCUT2D eigenvalue weighted by Gasteiger charge is 2.43. The van der Waals surface area contributed by atoms with Gasteiger partial charge in [-0.3, -0.25) is 4.79 Å². The molecular weight excluding hydrogens is 578 g/mol. The third-order valence-corrected chi connectivity index (χ3v) is 8.05. The highest BCUT2D eigenvalue weighted by Crippen LogP contribution is 2.47. The zero-order valence-corrected chi connectivity index (χ0v) is 24.6. The number of amides is 2. The third-order valence-electron chi connectivity index (χ3n) is 8.05. The largest absolute Gasteiger partial charge is 0.493 e. The maximum absolute atomic E-state index is 14.3. The minimum Gasteiger partial charge on any atom is -0.493 e. The summed E-state index contributed by atoms with van der Waals surface area (Å²) >= 11 is 0. The van der Waals surface area contributed by atoms with Crippen molar-refractivity contribution >= 4 is 17.6 Å². The van der Waals surface area contributed by atoms with Gasteiger partial charge in [0.25, 0.3) is 5.91 Å². The Bertz CT molecular complexity index is 1680. The van der Waals surface area contributed by atoms with E-state index in [0.29, 0.717) is 51.2 Å². The van der Waals surface area contributed by atoms with Crippen LogP contribution in [0.1, 0.15) is 28.2 Å². The van der Waals surface area contributed by atoms with E-state index in [0.717, 1.165) is 11.1 Å². The summed E-state index contributed by atoms with van der Waals surface area (Å²) in [6, 6.07) is 26.0. The molecule has 0 bridgehead atoms. The van der Waals surface area contributed by atoms with Gasteiger partial charge in [0, 0.05) is 12.0 Å². The van der Waals surface area contributed by atoms with Crippen LogP contribution in [-0.2, 0) is 9.53 Å². The minimum atomic E-state index is -0.719. The molecule has 0 unspecified atom stereocenters. The quantitative estimate of drug-likeness (QED) is 0.231. The molecule has 0 N–H and O–H groups in total. The van der Waals surface area contributed by atoms with E-state index in [1.165, 1.54) is 25.2 Å². The molecule has 0 spiro atoms. The molecule has 45 heavy (non-hydrogen) atoms. The number of fused-ring (bicyclic) bond motifs is 2. The molecule has 2 amide bonds. The summed E-state index contributed by atoms with van der Waals surface area (Å²) < 4.78 is 39.3. The van der Waals surface area contributed by atoms with Gasteiger partial charge in [-0.15, -0.1) is 0 Å². The van der Waals surface area contributed by atoms with Gasteiger partial charge in [-0.25, -0.2) is 9.69 Å². The number of hydrogen-bond acceptors (Lipinski definition) is 9. The second-order valence-corrected chi connectivity index (χ2v) is 10.5. The summed E-state index contributed by atoms with van der Waals surface area (Å²) in [5.74, 6) is 1.83. The number of carbonyl (C=O) groups is 2. The molecule has 228 valence electrons. The zero-order valence-electron chi connectivity index (χ0n) is 24.6. The predicted molar refractivity (Wildman–Crippen MR) is 162 cm³/mol. The van der Waals surface area contributed by atoms with Crippen molar-refractivity contribution in [3.63, 3.8) is 0 Å². The van der Waals surface area contributed by atoms with Crippen molar-refractivity contribution in [3.8, 4) is 34.5 Å². The fourth-order valence-corrected chi connectivity index (χ4v) is 5.99. The Kier molecular flexibility index (Phi) is 7.38. The summed E-state index contributed by atoms with van der Waals surface area (Å²) in [5.41, 5.74) is 3.53. The lowest BCUT2D eigenvalue weighted by molar-refractivity contribution is -0.124. The SMILES string of the molecule is COc1cc(C(=CC(=O)N2C(=O)OC[C@H]2C(c2ccccc2)c2ccccc2)c2cc(OC)c3c(c2)OCO3)cc2c1OCO2. The highest BCUT2D eigenvalue weighted by atomic mass is 16.7. The first-order valence-corrected chi connectivity index (χ1v) is 14.3. The van der Waals surface area contributed by atoms with Gasteiger partial charge in [0.05, 0.1) is 20.3 Å². The lowest BCUT2D eigenvalue weighted by atomic mass is 9.84. The van der Waals surface area contributed by atoms with Crippen LogP contribution in [0.3, 0.4) is 0 Å². The standard InChI is InChI=1S/C35H29NO9/c1-39-27-13-23(15-29-33(27)44-19-42-29)25(24-14-28(40-2)34-30(16-24)43-20-45-34)17-31(37)36-26(18-41-35(36)38)32(21-9-5-3-6-10-21)22-11-7-4-8-12-22/h3-17,26,32H,18-20H2,1-2H3/t26-/m0/s1. The van der Waals surface area contributed by atoms with Crippen LogP contribution < -0.4 is 28.4 Å². The lowest BCUT2D eigenvalue weighted by Crippen LogP contribution is -2.42. The number of rotatable bonds is 8. The predicted octanol–water partition coefficient (Wildman–Crippen LogP) is 5.77. The number of methoxy groups -OCH3 is 2. The van der Waals surface area contributed by atoms with Crippen molar-refractivity contribution in [3.05, 3.63) is 113 Å². The van der Waals surface area contributed by atoms with Crippen LogP contribution in [0.5, 0.6) is 34.5 Å². The number of nitrogens with zero attached hydrogens (tertiary/aromatic N) is 1. The Balaban J connectivity index is 1.36. The molecule has 0 aromatic heterocycles. The number of hydrogen-bond donors (Lipinski definition) is 0. The van der Waals surface area contributed by atoms with Crippen molar-refractivity contribution in [1.82, 2.24) is 4.90 Å². The molecule has 3 aliphatic heterocycles. The third kappa shape index (κ3) is 5.14. The second-order valence-electron chi connectivity index (χ2n) is 10.5. The Hall–Kier alpha value is -5.64. The van der Waals surface area contributed by atoms with Gasteiger partial charge < -0.3 is 33.2 Å². The van der Waals surface area contributed by atoms with Crippen molar-refractivity contribution in [2.24, 2.45) is 0 Å². The summed E-state index contributed by atoms with van der Waals surface area (Å²) in [4.78, 5) is 28.8. The van der Waals surface area contributed by atoms with E-state index in [1.807, 2.05) is 60.7 Å². The van der Waals surface area contributed by atoms with E-state index in [4.69, 9.17) is 33.2 Å². The smallest absolute Gasteiger partial charge is 0.417 e. The number of carbonyl (C=O) groups excluding carboxylic acids is 2. The van der Waals surface area contributed by atoms with Crippen LogP contribution in [0.2, 0.25) is 0 Å². The van der Waals surface area contributed by atoms with Crippen LogP contribution in [0.15, 0.2) is 91.0 Å². The van der Waals surface area contributed by atoms with E-state index >= 15 is 0 Å². The molecule has 10 heteroatoms. The van der Waals surface area contributed by atoms with E-state index in [9.17, 15) is 9.59 Å². The highest BCUT2D eigenvalue weighted by molar-refractivity contribution is 6.06. The summed E-state index contributed by atoms with van der Waals surface area (Å²) in [7, 11) is 3.05. The summed E-state index contributed by atoms with van der Waals surface area (Å²) in [6.07, 6.45) is 0.699. The number of benzene rings is 4. The first kappa shape index (κ1) is 28.1. The van der Waals surface area contributed by atoms with E-state index in [2.05, 4.69) is 0 Å². The Morgan fingerprint density at radius 1 is 0.756 bits per heavy atom. The number of ether oxygens (including phenoxy) is 7. The molecule has 1 fully saturated rings. The van der Waals surface area contributed by atoms with Crippen molar-refractivity contribution < 1.29 is 42.7 Å². The minimum absolute atomic E-state index is 0.0344. The summed E-state index contributed by atoms with van der Waals surface area (Å²) in [6.45, 7) is 0.108. The topological polar surface area (TPSA) is 102 Å². The molecule has 1 atom stereocenters. The molecule has 10 nitrogen and oxygen atoms in total. The Morgan fingerprint density at radius 3 is 1.76 bits per heavy atom. The van der Waals surface area contributed by atoms with Gasteiger partial charge in [0.2, 0.25) is 25.1 Å². The summed E-state index contributed by atoms with van der Waals surface area (Å²) in [5, 5.41) is 0. The van der Waals surface area contributed by atoms with Gasteiger partial charge >= 0.3 is 6.09 Å². The molecule has 1 saturated heterocycles. The van der Waals surface area contributed by atoms with Gasteiger partial charge in [0.1, 0.15) is 6.61 Å². The van der Waals surface area contributed by atoms with Gasteiger partial charge in [-0.05, 0) is 52.1 Å². The average Bonchev–Trinajstić information content (AvgIpc) is 3.84. The monoisotopic (exact) mass is 607 g/mol. The first-order chi connectivity index (χ1) is 22.1. The van der Waals surface area contributed by atoms with Crippen LogP contribution in [0, 0.1) is 0 Å². The number of cyclic esters (lactones) is 1. The molecule has 7 rings (SSSR count). The van der Waals surface area contributed by atoms with E-state index < -0.39 is 18.0 Å². The molecule has 4 aromatic rings. The lowest BCUT2D eigenvalue weighted by Gasteiger charge is -2.28. The van der Waals surface area contributed by atoms with Crippen molar-refractivity contribution in [1.29, 1.82) is 0 Å². The normalized spacial score (nSPS) is 16.0. The average molecular weight is 608 g/mol. The number of imide groups is 1. The van der Waals surface area contributed by atoms with Crippen LogP contribution in [0.4, 0.5) is 4.79 Å². The van der Waals surface area contributed by atoms with Crippen LogP contribution in [0.25, 0.3) is 5.57 Å².